The molecule has 1 heterocycles. The average molecular weight is 292 g/mol. The summed E-state index contributed by atoms with van der Waals surface area (Å²) in [6.07, 6.45) is 1.76. The van der Waals surface area contributed by atoms with Gasteiger partial charge in [0.05, 0.1) is 0 Å². The maximum absolute atomic E-state index is 4.31. The van der Waals surface area contributed by atoms with Gasteiger partial charge in [-0.25, -0.2) is 9.97 Å². The zero-order valence-electron chi connectivity index (χ0n) is 9.87. The molecule has 1 N–H and O–H groups in total. The Morgan fingerprint density at radius 3 is 2.82 bits per heavy atom. The van der Waals surface area contributed by atoms with E-state index in [1.165, 1.54) is 11.1 Å². The highest BCUT2D eigenvalue weighted by Gasteiger charge is 2.00. The van der Waals surface area contributed by atoms with E-state index in [0.717, 1.165) is 22.7 Å². The van der Waals surface area contributed by atoms with Crippen molar-refractivity contribution in [2.75, 3.05) is 5.32 Å². The zero-order chi connectivity index (χ0) is 12.3. The van der Waals surface area contributed by atoms with Gasteiger partial charge in [0.15, 0.2) is 0 Å². The van der Waals surface area contributed by atoms with Crippen LogP contribution in [0.5, 0.6) is 0 Å². The largest absolute Gasteiger partial charge is 0.366 e. The van der Waals surface area contributed by atoms with Crippen molar-refractivity contribution in [2.45, 2.75) is 20.4 Å². The smallest absolute Gasteiger partial charge is 0.129 e. The second kappa shape index (κ2) is 5.27. The van der Waals surface area contributed by atoms with Crippen molar-refractivity contribution in [3.05, 3.63) is 51.9 Å². The van der Waals surface area contributed by atoms with Gasteiger partial charge < -0.3 is 5.32 Å². The predicted octanol–water partition coefficient (Wildman–Crippen LogP) is 3.47. The van der Waals surface area contributed by atoms with Crippen molar-refractivity contribution >= 4 is 21.7 Å². The number of benzene rings is 1. The molecule has 0 unspecified atom stereocenters. The minimum atomic E-state index is 0.766. The van der Waals surface area contributed by atoms with E-state index in [4.69, 9.17) is 0 Å². The minimum absolute atomic E-state index is 0.766. The Hall–Kier alpha value is -1.42. The third-order valence-corrected chi connectivity index (χ3v) is 3.04. The molecule has 1 aromatic carbocycles. The van der Waals surface area contributed by atoms with Crippen LogP contribution in [-0.2, 0) is 6.54 Å². The summed E-state index contributed by atoms with van der Waals surface area (Å²) in [6, 6.07) is 8.15. The Morgan fingerprint density at radius 2 is 2.06 bits per heavy atom. The van der Waals surface area contributed by atoms with Gasteiger partial charge in [0.25, 0.3) is 0 Å². The SMILES string of the molecule is Cc1nccc(NCc2cc(Br)ccc2C)n1. The summed E-state index contributed by atoms with van der Waals surface area (Å²) in [7, 11) is 0. The van der Waals surface area contributed by atoms with E-state index in [0.29, 0.717) is 0 Å². The lowest BCUT2D eigenvalue weighted by Gasteiger charge is -2.09. The molecule has 0 atom stereocenters. The van der Waals surface area contributed by atoms with Crippen LogP contribution in [0.4, 0.5) is 5.82 Å². The lowest BCUT2D eigenvalue weighted by Crippen LogP contribution is -2.04. The fourth-order valence-corrected chi connectivity index (χ4v) is 1.98. The fraction of sp³-hybridized carbons (Fsp3) is 0.231. The molecule has 0 spiro atoms. The standard InChI is InChI=1S/C13H14BrN3/c1-9-3-4-12(14)7-11(9)8-16-13-5-6-15-10(2)17-13/h3-7H,8H2,1-2H3,(H,15,16,17). The van der Waals surface area contributed by atoms with Gasteiger partial charge in [-0.15, -0.1) is 0 Å². The molecule has 0 aliphatic heterocycles. The molecule has 0 saturated carbocycles. The third kappa shape index (κ3) is 3.27. The zero-order valence-corrected chi connectivity index (χ0v) is 11.5. The topological polar surface area (TPSA) is 37.8 Å². The molecule has 1 aromatic heterocycles. The number of rotatable bonds is 3. The maximum Gasteiger partial charge on any atom is 0.129 e. The van der Waals surface area contributed by atoms with Crippen molar-refractivity contribution in [1.82, 2.24) is 9.97 Å². The first-order valence-electron chi connectivity index (χ1n) is 5.44. The van der Waals surface area contributed by atoms with Gasteiger partial charge in [-0.2, -0.15) is 0 Å². The summed E-state index contributed by atoms with van der Waals surface area (Å²) in [5.41, 5.74) is 2.53. The molecule has 4 heteroatoms. The molecule has 2 rings (SSSR count). The van der Waals surface area contributed by atoms with Crippen LogP contribution in [0.15, 0.2) is 34.9 Å². The molecular weight excluding hydrogens is 278 g/mol. The normalized spacial score (nSPS) is 10.3. The predicted molar refractivity (Wildman–Crippen MR) is 73.0 cm³/mol. The van der Waals surface area contributed by atoms with Crippen molar-refractivity contribution in [3.63, 3.8) is 0 Å². The van der Waals surface area contributed by atoms with E-state index >= 15 is 0 Å². The van der Waals surface area contributed by atoms with Crippen molar-refractivity contribution < 1.29 is 0 Å². The van der Waals surface area contributed by atoms with Gasteiger partial charge in [-0.1, -0.05) is 22.0 Å². The Morgan fingerprint density at radius 1 is 1.24 bits per heavy atom. The minimum Gasteiger partial charge on any atom is -0.366 e. The number of nitrogens with one attached hydrogen (secondary N) is 1. The molecule has 0 saturated heterocycles. The molecule has 3 nitrogen and oxygen atoms in total. The van der Waals surface area contributed by atoms with Crippen molar-refractivity contribution in [3.8, 4) is 0 Å². The van der Waals surface area contributed by atoms with Crippen LogP contribution in [-0.4, -0.2) is 9.97 Å². The van der Waals surface area contributed by atoms with Gasteiger partial charge in [0.2, 0.25) is 0 Å². The van der Waals surface area contributed by atoms with Crippen LogP contribution < -0.4 is 5.32 Å². The van der Waals surface area contributed by atoms with Gasteiger partial charge in [-0.3, -0.25) is 0 Å². The lowest BCUT2D eigenvalue weighted by atomic mass is 10.1. The van der Waals surface area contributed by atoms with Crippen LogP contribution in [0.1, 0.15) is 17.0 Å². The Balaban J connectivity index is 2.09. The molecule has 0 aliphatic carbocycles. The first-order valence-corrected chi connectivity index (χ1v) is 6.23. The Kier molecular flexibility index (Phi) is 3.74. The van der Waals surface area contributed by atoms with Crippen molar-refractivity contribution in [1.29, 1.82) is 0 Å². The van der Waals surface area contributed by atoms with Crippen LogP contribution in [0.2, 0.25) is 0 Å². The highest BCUT2D eigenvalue weighted by molar-refractivity contribution is 9.10. The summed E-state index contributed by atoms with van der Waals surface area (Å²) in [5, 5.41) is 3.30. The summed E-state index contributed by atoms with van der Waals surface area (Å²) >= 11 is 3.48. The summed E-state index contributed by atoms with van der Waals surface area (Å²) < 4.78 is 1.10. The van der Waals surface area contributed by atoms with Crippen molar-refractivity contribution in [2.24, 2.45) is 0 Å². The summed E-state index contributed by atoms with van der Waals surface area (Å²) in [4.78, 5) is 8.37. The van der Waals surface area contributed by atoms with E-state index < -0.39 is 0 Å². The number of nitrogens with zero attached hydrogens (tertiary/aromatic N) is 2. The molecule has 0 fully saturated rings. The van der Waals surface area contributed by atoms with Crippen LogP contribution in [0.3, 0.4) is 0 Å². The first kappa shape index (κ1) is 12.0. The summed E-state index contributed by atoms with van der Waals surface area (Å²) in [6.45, 7) is 4.76. The van der Waals surface area contributed by atoms with Crippen LogP contribution in [0.25, 0.3) is 0 Å². The number of aryl methyl sites for hydroxylation is 2. The molecule has 2 aromatic rings. The second-order valence-corrected chi connectivity index (χ2v) is 4.83. The molecule has 88 valence electrons. The third-order valence-electron chi connectivity index (χ3n) is 2.55. The molecule has 17 heavy (non-hydrogen) atoms. The molecule has 0 amide bonds. The number of aromatic nitrogens is 2. The number of hydrogen-bond donors (Lipinski definition) is 1. The fourth-order valence-electron chi connectivity index (χ4n) is 1.57. The monoisotopic (exact) mass is 291 g/mol. The van der Waals surface area contributed by atoms with E-state index in [9.17, 15) is 0 Å². The van der Waals surface area contributed by atoms with Crippen LogP contribution >= 0.6 is 15.9 Å². The number of halogens is 1. The Labute approximate surface area is 109 Å². The second-order valence-electron chi connectivity index (χ2n) is 3.91. The number of hydrogen-bond acceptors (Lipinski definition) is 3. The molecule has 0 radical (unpaired) electrons. The van der Waals surface area contributed by atoms with Gasteiger partial charge in [0.1, 0.15) is 11.6 Å². The van der Waals surface area contributed by atoms with E-state index in [1.54, 1.807) is 6.20 Å². The van der Waals surface area contributed by atoms with E-state index in [-0.39, 0.29) is 0 Å². The quantitative estimate of drug-likeness (QED) is 0.941. The van der Waals surface area contributed by atoms with Gasteiger partial charge in [-0.05, 0) is 43.2 Å². The van der Waals surface area contributed by atoms with Gasteiger partial charge >= 0.3 is 0 Å². The average Bonchev–Trinajstić information content (AvgIpc) is 2.30. The van der Waals surface area contributed by atoms with Crippen LogP contribution in [0, 0.1) is 13.8 Å². The lowest BCUT2D eigenvalue weighted by molar-refractivity contribution is 1.02. The van der Waals surface area contributed by atoms with Gasteiger partial charge in [0, 0.05) is 17.2 Å². The first-order chi connectivity index (χ1) is 8.15. The Bertz CT molecular complexity index is 526. The summed E-state index contributed by atoms with van der Waals surface area (Å²) in [5.74, 6) is 1.64. The highest BCUT2D eigenvalue weighted by Crippen LogP contribution is 2.17. The number of anilines is 1. The van der Waals surface area contributed by atoms with E-state index in [2.05, 4.69) is 50.3 Å². The molecule has 0 aliphatic rings. The molecular formula is C13H14BrN3. The van der Waals surface area contributed by atoms with E-state index in [1.807, 2.05) is 19.1 Å². The maximum atomic E-state index is 4.31. The molecule has 0 bridgehead atoms. The highest BCUT2D eigenvalue weighted by atomic mass is 79.9.